The molecule has 108 valence electrons. The van der Waals surface area contributed by atoms with Gasteiger partial charge in [-0.15, -0.1) is 0 Å². The van der Waals surface area contributed by atoms with Gasteiger partial charge in [-0.3, -0.25) is 0 Å². The van der Waals surface area contributed by atoms with Crippen LogP contribution in [0.1, 0.15) is 59.3 Å². The van der Waals surface area contributed by atoms with Crippen LogP contribution >= 0.6 is 0 Å². The third kappa shape index (κ3) is 5.39. The minimum Gasteiger partial charge on any atom is -0.374 e. The topological polar surface area (TPSA) is 27.7 Å². The lowest BCUT2D eigenvalue weighted by Gasteiger charge is -2.30. The molecule has 1 aliphatic rings. The van der Waals surface area contributed by atoms with Crippen LogP contribution in [-0.2, 0) is 13.3 Å². The van der Waals surface area contributed by atoms with Crippen molar-refractivity contribution in [2.75, 3.05) is 19.8 Å². The molecule has 0 bridgehead atoms. The van der Waals surface area contributed by atoms with Gasteiger partial charge in [0.05, 0.1) is 0 Å². The number of rotatable bonds is 9. The third-order valence-electron chi connectivity index (χ3n) is 3.68. The van der Waals surface area contributed by atoms with Gasteiger partial charge >= 0.3 is 8.80 Å². The number of hydrogen-bond donors (Lipinski definition) is 0. The molecule has 0 atom stereocenters. The summed E-state index contributed by atoms with van der Waals surface area (Å²) in [7, 11) is -2.38. The molecule has 1 saturated carbocycles. The Balaban J connectivity index is 2.46. The van der Waals surface area contributed by atoms with E-state index in [9.17, 15) is 0 Å². The Labute approximate surface area is 114 Å². The molecule has 0 heterocycles. The Bertz CT molecular complexity index is 188. The summed E-state index contributed by atoms with van der Waals surface area (Å²) < 4.78 is 17.7. The van der Waals surface area contributed by atoms with Crippen LogP contribution in [0.25, 0.3) is 0 Å². The standard InChI is InChI=1S/C14H30O3Si/c1-4-15-18(16-5-2,17-6-3)13-12-14-10-8-7-9-11-14/h14H,4-13H2,1-3H3. The second-order valence-corrected chi connectivity index (χ2v) is 7.76. The van der Waals surface area contributed by atoms with Crippen LogP contribution in [0.2, 0.25) is 6.04 Å². The smallest absolute Gasteiger partial charge is 0.374 e. The van der Waals surface area contributed by atoms with Gasteiger partial charge in [-0.25, -0.2) is 0 Å². The average Bonchev–Trinajstić information content (AvgIpc) is 2.39. The minimum atomic E-state index is -2.38. The molecule has 0 N–H and O–H groups in total. The molecular weight excluding hydrogens is 244 g/mol. The van der Waals surface area contributed by atoms with E-state index in [0.29, 0.717) is 19.8 Å². The van der Waals surface area contributed by atoms with Crippen LogP contribution in [0.15, 0.2) is 0 Å². The second-order valence-electron chi connectivity index (χ2n) is 5.02. The summed E-state index contributed by atoms with van der Waals surface area (Å²) in [5.41, 5.74) is 0. The van der Waals surface area contributed by atoms with Crippen molar-refractivity contribution in [2.45, 2.75) is 65.3 Å². The van der Waals surface area contributed by atoms with E-state index in [1.165, 1.54) is 38.5 Å². The Morgan fingerprint density at radius 2 is 1.33 bits per heavy atom. The van der Waals surface area contributed by atoms with Crippen molar-refractivity contribution in [2.24, 2.45) is 5.92 Å². The van der Waals surface area contributed by atoms with Crippen molar-refractivity contribution in [1.82, 2.24) is 0 Å². The summed E-state index contributed by atoms with van der Waals surface area (Å²) in [4.78, 5) is 0. The van der Waals surface area contributed by atoms with Gasteiger partial charge in [0.25, 0.3) is 0 Å². The molecule has 1 aliphatic carbocycles. The molecule has 1 fully saturated rings. The highest BCUT2D eigenvalue weighted by molar-refractivity contribution is 6.60. The molecular formula is C14H30O3Si. The van der Waals surface area contributed by atoms with Crippen molar-refractivity contribution < 1.29 is 13.3 Å². The SMILES string of the molecule is CCO[Si](CCC1CCCCC1)(OCC)OCC. The lowest BCUT2D eigenvalue weighted by molar-refractivity contribution is 0.0690. The van der Waals surface area contributed by atoms with Gasteiger partial charge in [0.2, 0.25) is 0 Å². The van der Waals surface area contributed by atoms with E-state index in [2.05, 4.69) is 0 Å². The van der Waals surface area contributed by atoms with Crippen molar-refractivity contribution in [1.29, 1.82) is 0 Å². The number of hydrogen-bond acceptors (Lipinski definition) is 3. The molecule has 0 unspecified atom stereocenters. The predicted octanol–water partition coefficient (Wildman–Crippen LogP) is 4.01. The van der Waals surface area contributed by atoms with Crippen LogP contribution in [0.5, 0.6) is 0 Å². The first-order valence-corrected chi connectivity index (χ1v) is 9.61. The van der Waals surface area contributed by atoms with Crippen LogP contribution in [0, 0.1) is 5.92 Å². The van der Waals surface area contributed by atoms with E-state index in [-0.39, 0.29) is 0 Å². The summed E-state index contributed by atoms with van der Waals surface area (Å²) in [5, 5.41) is 0. The summed E-state index contributed by atoms with van der Waals surface area (Å²) in [6.45, 7) is 8.16. The van der Waals surface area contributed by atoms with Gasteiger partial charge in [0.15, 0.2) is 0 Å². The van der Waals surface area contributed by atoms with Crippen LogP contribution < -0.4 is 0 Å². The molecule has 0 spiro atoms. The summed E-state index contributed by atoms with van der Waals surface area (Å²) >= 11 is 0. The average molecular weight is 274 g/mol. The molecule has 4 heteroatoms. The fourth-order valence-corrected chi connectivity index (χ4v) is 5.62. The van der Waals surface area contributed by atoms with Gasteiger partial charge in [-0.2, -0.15) is 0 Å². The first-order valence-electron chi connectivity index (χ1n) is 7.68. The molecule has 1 rings (SSSR count). The Kier molecular flexibility index (Phi) is 8.14. The van der Waals surface area contributed by atoms with E-state index < -0.39 is 8.80 Å². The maximum Gasteiger partial charge on any atom is 0.500 e. The van der Waals surface area contributed by atoms with Crippen LogP contribution in [0.4, 0.5) is 0 Å². The van der Waals surface area contributed by atoms with E-state index in [1.54, 1.807) is 0 Å². The molecule has 0 radical (unpaired) electrons. The van der Waals surface area contributed by atoms with E-state index in [1.807, 2.05) is 20.8 Å². The van der Waals surface area contributed by atoms with Crippen molar-refractivity contribution in [3.63, 3.8) is 0 Å². The fraction of sp³-hybridized carbons (Fsp3) is 1.00. The van der Waals surface area contributed by atoms with Gasteiger partial charge < -0.3 is 13.3 Å². The quantitative estimate of drug-likeness (QED) is 0.595. The first kappa shape index (κ1) is 16.2. The van der Waals surface area contributed by atoms with Gasteiger partial charge in [-0.1, -0.05) is 32.1 Å². The highest BCUT2D eigenvalue weighted by Crippen LogP contribution is 2.30. The molecule has 0 aliphatic heterocycles. The van der Waals surface area contributed by atoms with Crippen molar-refractivity contribution in [3.05, 3.63) is 0 Å². The van der Waals surface area contributed by atoms with Crippen LogP contribution in [-0.4, -0.2) is 28.6 Å². The Morgan fingerprint density at radius 3 is 1.78 bits per heavy atom. The second kappa shape index (κ2) is 9.07. The molecule has 18 heavy (non-hydrogen) atoms. The summed E-state index contributed by atoms with van der Waals surface area (Å²) in [6, 6.07) is 0.993. The molecule has 0 aromatic heterocycles. The highest BCUT2D eigenvalue weighted by atomic mass is 28.4. The summed E-state index contributed by atoms with van der Waals surface area (Å²) in [6.07, 6.45) is 8.20. The van der Waals surface area contributed by atoms with Crippen LogP contribution in [0.3, 0.4) is 0 Å². The molecule has 0 amide bonds. The third-order valence-corrected chi connectivity index (χ3v) is 6.76. The highest BCUT2D eigenvalue weighted by Gasteiger charge is 2.40. The zero-order chi connectivity index (χ0) is 13.3. The lowest BCUT2D eigenvalue weighted by atomic mass is 9.88. The lowest BCUT2D eigenvalue weighted by Crippen LogP contribution is -2.46. The van der Waals surface area contributed by atoms with E-state index >= 15 is 0 Å². The molecule has 0 aromatic carbocycles. The normalized spacial score (nSPS) is 18.2. The first-order chi connectivity index (χ1) is 8.76. The zero-order valence-corrected chi connectivity index (χ0v) is 13.4. The predicted molar refractivity (Wildman–Crippen MR) is 76.6 cm³/mol. The molecule has 3 nitrogen and oxygen atoms in total. The maximum atomic E-state index is 5.90. The van der Waals surface area contributed by atoms with Crippen molar-refractivity contribution >= 4 is 8.80 Å². The largest absolute Gasteiger partial charge is 0.500 e. The monoisotopic (exact) mass is 274 g/mol. The molecule has 0 saturated heterocycles. The molecule has 0 aromatic rings. The maximum absolute atomic E-state index is 5.90. The minimum absolute atomic E-state index is 0.691. The van der Waals surface area contributed by atoms with E-state index in [0.717, 1.165) is 12.0 Å². The fourth-order valence-electron chi connectivity index (χ4n) is 2.86. The Morgan fingerprint density at radius 1 is 0.833 bits per heavy atom. The van der Waals surface area contributed by atoms with Gasteiger partial charge in [0.1, 0.15) is 0 Å². The van der Waals surface area contributed by atoms with Gasteiger partial charge in [0, 0.05) is 25.9 Å². The summed E-state index contributed by atoms with van der Waals surface area (Å²) in [5.74, 6) is 0.868. The van der Waals surface area contributed by atoms with Crippen molar-refractivity contribution in [3.8, 4) is 0 Å². The zero-order valence-electron chi connectivity index (χ0n) is 12.4. The van der Waals surface area contributed by atoms with E-state index in [4.69, 9.17) is 13.3 Å². The van der Waals surface area contributed by atoms with Gasteiger partial charge in [-0.05, 0) is 33.1 Å². The Hall–Kier alpha value is 0.0969.